The lowest BCUT2D eigenvalue weighted by atomic mass is 10.1. The summed E-state index contributed by atoms with van der Waals surface area (Å²) in [7, 11) is 1.72. The molecule has 0 spiro atoms. The van der Waals surface area contributed by atoms with Gasteiger partial charge in [-0.1, -0.05) is 24.3 Å². The Hall–Kier alpha value is -2.94. The van der Waals surface area contributed by atoms with E-state index in [0.29, 0.717) is 39.1 Å². The molecule has 2 N–H and O–H groups in total. The van der Waals surface area contributed by atoms with Crippen molar-refractivity contribution in [2.75, 3.05) is 38.9 Å². The SMILES string of the molecule is COCCCn1nc(Nc2ccccc2)c2ccc(CN(C(=O)[C@H]3CNCOC3)C3CC3)cc21. The van der Waals surface area contributed by atoms with E-state index in [9.17, 15) is 4.79 Å². The fourth-order valence-corrected chi connectivity index (χ4v) is 4.53. The third-order valence-electron chi connectivity index (χ3n) is 6.46. The van der Waals surface area contributed by atoms with Crippen LogP contribution in [0.15, 0.2) is 48.5 Å². The maximum absolute atomic E-state index is 13.3. The number of aryl methyl sites for hydroxylation is 1. The van der Waals surface area contributed by atoms with Gasteiger partial charge < -0.3 is 19.7 Å². The molecule has 1 aliphatic carbocycles. The first-order valence-corrected chi connectivity index (χ1v) is 12.1. The maximum atomic E-state index is 13.3. The highest BCUT2D eigenvalue weighted by Crippen LogP contribution is 2.32. The number of benzene rings is 2. The van der Waals surface area contributed by atoms with Gasteiger partial charge in [-0.3, -0.25) is 14.8 Å². The molecule has 1 saturated heterocycles. The number of hydrogen-bond donors (Lipinski definition) is 2. The second kappa shape index (κ2) is 10.5. The van der Waals surface area contributed by atoms with Crippen molar-refractivity contribution in [3.05, 3.63) is 54.1 Å². The number of methoxy groups -OCH3 is 1. The highest BCUT2D eigenvalue weighted by Gasteiger charge is 2.36. The normalized spacial score (nSPS) is 18.2. The monoisotopic (exact) mass is 463 g/mol. The van der Waals surface area contributed by atoms with E-state index in [1.807, 2.05) is 35.0 Å². The molecule has 3 aromatic rings. The molecule has 34 heavy (non-hydrogen) atoms. The predicted octanol–water partition coefficient (Wildman–Crippen LogP) is 3.50. The molecule has 0 bridgehead atoms. The molecule has 8 heteroatoms. The molecule has 2 aliphatic rings. The highest BCUT2D eigenvalue weighted by atomic mass is 16.5. The van der Waals surface area contributed by atoms with Gasteiger partial charge in [-0.2, -0.15) is 5.10 Å². The number of rotatable bonds is 10. The molecule has 2 aromatic carbocycles. The van der Waals surface area contributed by atoms with E-state index in [1.54, 1.807) is 7.11 Å². The Morgan fingerprint density at radius 2 is 2.12 bits per heavy atom. The zero-order valence-corrected chi connectivity index (χ0v) is 19.7. The van der Waals surface area contributed by atoms with Gasteiger partial charge in [0.2, 0.25) is 5.91 Å². The number of carbonyl (C=O) groups is 1. The quantitative estimate of drug-likeness (QED) is 0.448. The number of ether oxygens (including phenoxy) is 2. The Morgan fingerprint density at radius 3 is 2.85 bits per heavy atom. The van der Waals surface area contributed by atoms with Crippen molar-refractivity contribution < 1.29 is 14.3 Å². The van der Waals surface area contributed by atoms with Crippen molar-refractivity contribution in [2.45, 2.75) is 38.4 Å². The molecule has 1 aliphatic heterocycles. The summed E-state index contributed by atoms with van der Waals surface area (Å²) in [4.78, 5) is 15.3. The largest absolute Gasteiger partial charge is 0.385 e. The van der Waals surface area contributed by atoms with Crippen LogP contribution < -0.4 is 10.6 Å². The Balaban J connectivity index is 1.41. The van der Waals surface area contributed by atoms with Crippen LogP contribution in [0.4, 0.5) is 11.5 Å². The van der Waals surface area contributed by atoms with E-state index in [4.69, 9.17) is 14.6 Å². The number of carbonyl (C=O) groups excluding carboxylic acids is 1. The summed E-state index contributed by atoms with van der Waals surface area (Å²) in [6.45, 7) is 3.76. The van der Waals surface area contributed by atoms with Crippen LogP contribution in [0.25, 0.3) is 10.9 Å². The lowest BCUT2D eigenvalue weighted by Gasteiger charge is -2.30. The molecule has 8 nitrogen and oxygen atoms in total. The number of aromatic nitrogens is 2. The second-order valence-corrected chi connectivity index (χ2v) is 9.12. The molecule has 180 valence electrons. The Morgan fingerprint density at radius 1 is 1.26 bits per heavy atom. The van der Waals surface area contributed by atoms with Crippen molar-refractivity contribution >= 4 is 28.3 Å². The minimum absolute atomic E-state index is 0.112. The summed E-state index contributed by atoms with van der Waals surface area (Å²) in [5, 5.41) is 12.6. The standard InChI is InChI=1S/C26H33N5O3/c1-33-13-5-12-31-24-14-19(8-11-23(24)25(29-31)28-21-6-3-2-4-7-21)16-30(22-9-10-22)26(32)20-15-27-18-34-17-20/h2-4,6-8,11,14,20,22,27H,5,9-10,12-13,15-18H2,1H3,(H,28,29)/t20-/m0/s1. The Labute approximate surface area is 200 Å². The number of amides is 1. The summed E-state index contributed by atoms with van der Waals surface area (Å²) in [6.07, 6.45) is 3.04. The smallest absolute Gasteiger partial charge is 0.229 e. The first kappa shape index (κ1) is 22.8. The molecule has 0 radical (unpaired) electrons. The average molecular weight is 464 g/mol. The van der Waals surface area contributed by atoms with Gasteiger partial charge in [-0.15, -0.1) is 0 Å². The van der Waals surface area contributed by atoms with Gasteiger partial charge in [0.1, 0.15) is 0 Å². The summed E-state index contributed by atoms with van der Waals surface area (Å²) in [5.74, 6) is 0.917. The summed E-state index contributed by atoms with van der Waals surface area (Å²) in [5.41, 5.74) is 3.19. The first-order chi connectivity index (χ1) is 16.7. The predicted molar refractivity (Wildman–Crippen MR) is 132 cm³/mol. The van der Waals surface area contributed by atoms with Crippen molar-refractivity contribution in [1.82, 2.24) is 20.0 Å². The van der Waals surface area contributed by atoms with Gasteiger partial charge in [0, 0.05) is 50.5 Å². The third-order valence-corrected chi connectivity index (χ3v) is 6.46. The lowest BCUT2D eigenvalue weighted by molar-refractivity contribution is -0.140. The van der Waals surface area contributed by atoms with E-state index >= 15 is 0 Å². The lowest BCUT2D eigenvalue weighted by Crippen LogP contribution is -2.46. The van der Waals surface area contributed by atoms with Crippen LogP contribution >= 0.6 is 0 Å². The molecule has 1 atom stereocenters. The Kier molecular flexibility index (Phi) is 7.08. The van der Waals surface area contributed by atoms with Gasteiger partial charge in [0.05, 0.1) is 24.8 Å². The third kappa shape index (κ3) is 5.24. The minimum atomic E-state index is -0.112. The summed E-state index contributed by atoms with van der Waals surface area (Å²) < 4.78 is 12.8. The number of para-hydroxylation sites is 1. The van der Waals surface area contributed by atoms with Crippen molar-refractivity contribution in [3.8, 4) is 0 Å². The molecule has 5 rings (SSSR count). The van der Waals surface area contributed by atoms with Crippen LogP contribution in [-0.4, -0.2) is 60.2 Å². The maximum Gasteiger partial charge on any atom is 0.229 e. The van der Waals surface area contributed by atoms with Gasteiger partial charge in [-0.05, 0) is 49.1 Å². The number of nitrogens with one attached hydrogen (secondary N) is 2. The van der Waals surface area contributed by atoms with Crippen molar-refractivity contribution in [3.63, 3.8) is 0 Å². The zero-order valence-electron chi connectivity index (χ0n) is 19.7. The molecule has 2 fully saturated rings. The summed E-state index contributed by atoms with van der Waals surface area (Å²) in [6, 6.07) is 16.9. The number of fused-ring (bicyclic) bond motifs is 1. The fraction of sp³-hybridized carbons (Fsp3) is 0.462. The van der Waals surface area contributed by atoms with Gasteiger partial charge >= 0.3 is 0 Å². The number of nitrogens with zero attached hydrogens (tertiary/aromatic N) is 3. The molecule has 2 heterocycles. The van der Waals surface area contributed by atoms with E-state index in [1.165, 1.54) is 0 Å². The van der Waals surface area contributed by atoms with Crippen molar-refractivity contribution in [1.29, 1.82) is 0 Å². The van der Waals surface area contributed by atoms with Crippen LogP contribution in [0.3, 0.4) is 0 Å². The fourth-order valence-electron chi connectivity index (χ4n) is 4.53. The van der Waals surface area contributed by atoms with Gasteiger partial charge in [0.25, 0.3) is 0 Å². The topological polar surface area (TPSA) is 80.7 Å². The van der Waals surface area contributed by atoms with Gasteiger partial charge in [0.15, 0.2) is 5.82 Å². The van der Waals surface area contributed by atoms with Crippen LogP contribution in [0.5, 0.6) is 0 Å². The molecule has 1 amide bonds. The minimum Gasteiger partial charge on any atom is -0.385 e. The highest BCUT2D eigenvalue weighted by molar-refractivity contribution is 5.92. The number of hydrogen-bond acceptors (Lipinski definition) is 6. The first-order valence-electron chi connectivity index (χ1n) is 12.1. The van der Waals surface area contributed by atoms with E-state index in [-0.39, 0.29) is 11.8 Å². The molecule has 1 aromatic heterocycles. The molecule has 0 unspecified atom stereocenters. The summed E-state index contributed by atoms with van der Waals surface area (Å²) >= 11 is 0. The van der Waals surface area contributed by atoms with E-state index in [0.717, 1.165) is 53.8 Å². The van der Waals surface area contributed by atoms with E-state index in [2.05, 4.69) is 33.7 Å². The number of anilines is 2. The molecule has 1 saturated carbocycles. The molecular formula is C26H33N5O3. The average Bonchev–Trinajstić information content (AvgIpc) is 3.67. The van der Waals surface area contributed by atoms with Crippen molar-refractivity contribution in [2.24, 2.45) is 5.92 Å². The van der Waals surface area contributed by atoms with Crippen LogP contribution in [-0.2, 0) is 27.4 Å². The van der Waals surface area contributed by atoms with Gasteiger partial charge in [-0.25, -0.2) is 0 Å². The van der Waals surface area contributed by atoms with Crippen LogP contribution in [0, 0.1) is 5.92 Å². The zero-order chi connectivity index (χ0) is 23.3. The second-order valence-electron chi connectivity index (χ2n) is 9.12. The van der Waals surface area contributed by atoms with Crippen LogP contribution in [0.1, 0.15) is 24.8 Å². The van der Waals surface area contributed by atoms with E-state index < -0.39 is 0 Å². The Bertz CT molecular complexity index is 1110. The van der Waals surface area contributed by atoms with Crippen LogP contribution in [0.2, 0.25) is 0 Å². The molecular weight excluding hydrogens is 430 g/mol.